The van der Waals surface area contributed by atoms with Crippen molar-refractivity contribution in [1.82, 2.24) is 9.29 Å². The zero-order valence-corrected chi connectivity index (χ0v) is 11.7. The largest absolute Gasteiger partial charge is 0.486 e. The van der Waals surface area contributed by atoms with Crippen LogP contribution in [0.1, 0.15) is 6.92 Å². The van der Waals surface area contributed by atoms with Crippen molar-refractivity contribution in [3.63, 3.8) is 0 Å². The lowest BCUT2D eigenvalue weighted by Crippen LogP contribution is -2.56. The zero-order valence-electron chi connectivity index (χ0n) is 9.34. The summed E-state index contributed by atoms with van der Waals surface area (Å²) < 4.78 is 30.8. The maximum Gasteiger partial charge on any atom is 0.214 e. The third kappa shape index (κ3) is 2.97. The number of aromatic nitrogens is 1. The van der Waals surface area contributed by atoms with Gasteiger partial charge in [-0.3, -0.25) is 4.98 Å². The van der Waals surface area contributed by atoms with E-state index in [4.69, 9.17) is 4.74 Å². The van der Waals surface area contributed by atoms with Gasteiger partial charge in [-0.1, -0.05) is 0 Å². The first-order valence-electron chi connectivity index (χ1n) is 5.26. The second-order valence-corrected chi connectivity index (χ2v) is 6.97. The lowest BCUT2D eigenvalue weighted by Gasteiger charge is -2.37. The molecule has 0 unspecified atom stereocenters. The van der Waals surface area contributed by atoms with Gasteiger partial charge in [0.1, 0.15) is 11.9 Å². The molecule has 0 atom stereocenters. The number of hydrogen-bond donors (Lipinski definition) is 0. The van der Waals surface area contributed by atoms with Crippen LogP contribution in [0.3, 0.4) is 0 Å². The first-order valence-corrected chi connectivity index (χ1v) is 7.66. The van der Waals surface area contributed by atoms with Crippen LogP contribution in [-0.2, 0) is 10.0 Å². The number of halogens is 1. The Balaban J connectivity index is 1.90. The summed E-state index contributed by atoms with van der Waals surface area (Å²) in [6.45, 7) is 2.48. The van der Waals surface area contributed by atoms with E-state index in [1.165, 1.54) is 4.31 Å². The van der Waals surface area contributed by atoms with Gasteiger partial charge < -0.3 is 4.74 Å². The monoisotopic (exact) mass is 320 g/mol. The van der Waals surface area contributed by atoms with Gasteiger partial charge in [-0.05, 0) is 28.9 Å². The molecule has 0 aliphatic carbocycles. The van der Waals surface area contributed by atoms with Crippen molar-refractivity contribution in [3.05, 3.63) is 22.9 Å². The molecule has 5 nitrogen and oxygen atoms in total. The van der Waals surface area contributed by atoms with Crippen molar-refractivity contribution >= 4 is 26.0 Å². The number of rotatable bonds is 4. The van der Waals surface area contributed by atoms with Crippen LogP contribution < -0.4 is 4.74 Å². The second kappa shape index (κ2) is 4.91. The molecule has 2 rings (SSSR count). The molecule has 17 heavy (non-hydrogen) atoms. The van der Waals surface area contributed by atoms with Crippen LogP contribution in [0.2, 0.25) is 0 Å². The Morgan fingerprint density at radius 3 is 2.82 bits per heavy atom. The minimum Gasteiger partial charge on any atom is -0.486 e. The summed E-state index contributed by atoms with van der Waals surface area (Å²) in [4.78, 5) is 3.98. The molecule has 2 heterocycles. The molecule has 0 amide bonds. The quantitative estimate of drug-likeness (QED) is 0.838. The van der Waals surface area contributed by atoms with E-state index in [1.54, 1.807) is 19.3 Å². The molecule has 0 radical (unpaired) electrons. The lowest BCUT2D eigenvalue weighted by molar-refractivity contribution is 0.0759. The molecule has 0 aromatic carbocycles. The highest BCUT2D eigenvalue weighted by atomic mass is 79.9. The smallest absolute Gasteiger partial charge is 0.214 e. The summed E-state index contributed by atoms with van der Waals surface area (Å²) in [6.07, 6.45) is 3.20. The Labute approximate surface area is 109 Å². The third-order valence-corrected chi connectivity index (χ3v) is 4.80. The predicted molar refractivity (Wildman–Crippen MR) is 67.4 cm³/mol. The Bertz CT molecular complexity index is 500. The maximum absolute atomic E-state index is 11.5. The van der Waals surface area contributed by atoms with E-state index in [1.807, 2.05) is 6.07 Å². The van der Waals surface area contributed by atoms with Gasteiger partial charge in [-0.15, -0.1) is 0 Å². The lowest BCUT2D eigenvalue weighted by atomic mass is 10.2. The van der Waals surface area contributed by atoms with E-state index >= 15 is 0 Å². The predicted octanol–water partition coefficient (Wildman–Crippen LogP) is 1.26. The number of pyridine rings is 1. The Hall–Kier alpha value is -0.660. The molecular weight excluding hydrogens is 308 g/mol. The van der Waals surface area contributed by atoms with Crippen molar-refractivity contribution in [1.29, 1.82) is 0 Å². The first-order chi connectivity index (χ1) is 8.01. The van der Waals surface area contributed by atoms with Crippen LogP contribution in [0.4, 0.5) is 0 Å². The maximum atomic E-state index is 11.5. The van der Waals surface area contributed by atoms with Crippen LogP contribution >= 0.6 is 15.9 Å². The van der Waals surface area contributed by atoms with Crippen LogP contribution in [-0.4, -0.2) is 42.7 Å². The Kier molecular flexibility index (Phi) is 3.70. The number of ether oxygens (including phenoxy) is 1. The van der Waals surface area contributed by atoms with Gasteiger partial charge in [0.15, 0.2) is 0 Å². The van der Waals surface area contributed by atoms with E-state index in [0.717, 1.165) is 4.47 Å². The summed E-state index contributed by atoms with van der Waals surface area (Å²) in [7, 11) is -3.07. The van der Waals surface area contributed by atoms with E-state index in [-0.39, 0.29) is 11.9 Å². The zero-order chi connectivity index (χ0) is 12.5. The molecule has 0 bridgehead atoms. The fourth-order valence-corrected chi connectivity index (χ4v) is 3.03. The highest BCUT2D eigenvalue weighted by Crippen LogP contribution is 2.22. The first kappa shape index (κ1) is 12.8. The topological polar surface area (TPSA) is 59.5 Å². The van der Waals surface area contributed by atoms with Crippen LogP contribution in [0.15, 0.2) is 22.9 Å². The summed E-state index contributed by atoms with van der Waals surface area (Å²) >= 11 is 3.30. The van der Waals surface area contributed by atoms with Gasteiger partial charge in [0.25, 0.3) is 0 Å². The number of hydrogen-bond acceptors (Lipinski definition) is 4. The highest BCUT2D eigenvalue weighted by molar-refractivity contribution is 9.10. The van der Waals surface area contributed by atoms with Crippen LogP contribution in [0.5, 0.6) is 5.75 Å². The van der Waals surface area contributed by atoms with E-state index in [9.17, 15) is 8.42 Å². The fraction of sp³-hybridized carbons (Fsp3) is 0.500. The summed E-state index contributed by atoms with van der Waals surface area (Å²) in [6, 6.07) is 1.81. The van der Waals surface area contributed by atoms with Crippen molar-refractivity contribution in [2.24, 2.45) is 0 Å². The van der Waals surface area contributed by atoms with Gasteiger partial charge in [0, 0.05) is 10.7 Å². The van der Waals surface area contributed by atoms with Gasteiger partial charge in [0.2, 0.25) is 10.0 Å². The van der Waals surface area contributed by atoms with Crippen molar-refractivity contribution in [2.45, 2.75) is 13.0 Å². The molecule has 1 fully saturated rings. The fourth-order valence-electron chi connectivity index (χ4n) is 1.53. The molecule has 1 aliphatic heterocycles. The normalized spacial score (nSPS) is 17.8. The third-order valence-electron chi connectivity index (χ3n) is 2.56. The Morgan fingerprint density at radius 1 is 1.53 bits per heavy atom. The average molecular weight is 321 g/mol. The van der Waals surface area contributed by atoms with Gasteiger partial charge in [0.05, 0.1) is 25.0 Å². The molecule has 0 saturated carbocycles. The molecule has 0 spiro atoms. The van der Waals surface area contributed by atoms with Crippen molar-refractivity contribution in [3.8, 4) is 5.75 Å². The summed E-state index contributed by atoms with van der Waals surface area (Å²) in [5.74, 6) is 0.788. The van der Waals surface area contributed by atoms with Crippen LogP contribution in [0, 0.1) is 0 Å². The van der Waals surface area contributed by atoms with Gasteiger partial charge >= 0.3 is 0 Å². The standard InChI is InChI=1S/C10H13BrN2O3S/c1-2-17(14,15)13-6-10(7-13)16-9-3-8(11)4-12-5-9/h3-5,10H,2,6-7H2,1H3. The SMILES string of the molecule is CCS(=O)(=O)N1CC(Oc2cncc(Br)c2)C1. The number of sulfonamides is 1. The molecule has 94 valence electrons. The molecule has 1 aromatic rings. The Morgan fingerprint density at radius 2 is 2.24 bits per heavy atom. The van der Waals surface area contributed by atoms with Crippen molar-refractivity contribution < 1.29 is 13.2 Å². The van der Waals surface area contributed by atoms with E-state index in [0.29, 0.717) is 18.8 Å². The minimum absolute atomic E-state index is 0.0765. The van der Waals surface area contributed by atoms with E-state index < -0.39 is 10.0 Å². The molecule has 7 heteroatoms. The molecule has 1 aliphatic rings. The van der Waals surface area contributed by atoms with Gasteiger partial charge in [-0.2, -0.15) is 4.31 Å². The second-order valence-electron chi connectivity index (χ2n) is 3.80. The highest BCUT2D eigenvalue weighted by Gasteiger charge is 2.36. The average Bonchev–Trinajstić information content (AvgIpc) is 2.22. The number of nitrogens with zero attached hydrogens (tertiary/aromatic N) is 2. The van der Waals surface area contributed by atoms with Gasteiger partial charge in [-0.25, -0.2) is 8.42 Å². The molecule has 0 N–H and O–H groups in total. The van der Waals surface area contributed by atoms with Crippen molar-refractivity contribution in [2.75, 3.05) is 18.8 Å². The molecular formula is C10H13BrN2O3S. The summed E-state index contributed by atoms with van der Waals surface area (Å²) in [5, 5.41) is 0. The molecule has 1 aromatic heterocycles. The van der Waals surface area contributed by atoms with E-state index in [2.05, 4.69) is 20.9 Å². The minimum atomic E-state index is -3.07. The van der Waals surface area contributed by atoms with Crippen LogP contribution in [0.25, 0.3) is 0 Å². The molecule has 1 saturated heterocycles. The summed E-state index contributed by atoms with van der Waals surface area (Å²) in [5.41, 5.74) is 0.